The van der Waals surface area contributed by atoms with E-state index in [0.717, 1.165) is 18.4 Å². The van der Waals surface area contributed by atoms with E-state index in [2.05, 4.69) is 6.07 Å². The van der Waals surface area contributed by atoms with Gasteiger partial charge in [-0.05, 0) is 24.8 Å². The smallest absolute Gasteiger partial charge is 0.411 e. The van der Waals surface area contributed by atoms with Crippen molar-refractivity contribution in [2.24, 2.45) is 0 Å². The van der Waals surface area contributed by atoms with Gasteiger partial charge in [0.05, 0.1) is 6.07 Å². The van der Waals surface area contributed by atoms with Gasteiger partial charge in [-0.1, -0.05) is 37.3 Å². The number of carbonyl (C=O) groups is 1. The SMILES string of the molecule is CC[C@]1(C#N)CCCN1C(=O)OCc1ccccc1. The van der Waals surface area contributed by atoms with Gasteiger partial charge in [0.15, 0.2) is 0 Å². The molecule has 0 unspecified atom stereocenters. The molecule has 0 N–H and O–H groups in total. The maximum Gasteiger partial charge on any atom is 0.411 e. The van der Waals surface area contributed by atoms with Crippen LogP contribution in [0.15, 0.2) is 30.3 Å². The lowest BCUT2D eigenvalue weighted by Gasteiger charge is -2.30. The lowest BCUT2D eigenvalue weighted by atomic mass is 9.95. The van der Waals surface area contributed by atoms with Crippen molar-refractivity contribution in [3.63, 3.8) is 0 Å². The van der Waals surface area contributed by atoms with Gasteiger partial charge in [-0.2, -0.15) is 5.26 Å². The van der Waals surface area contributed by atoms with Crippen molar-refractivity contribution < 1.29 is 9.53 Å². The second-order valence-corrected chi connectivity index (χ2v) is 4.79. The summed E-state index contributed by atoms with van der Waals surface area (Å²) in [5, 5.41) is 9.32. The number of nitrogens with zero attached hydrogens (tertiary/aromatic N) is 2. The molecule has 0 spiro atoms. The van der Waals surface area contributed by atoms with Gasteiger partial charge >= 0.3 is 6.09 Å². The average Bonchev–Trinajstić information content (AvgIpc) is 2.90. The largest absolute Gasteiger partial charge is 0.445 e. The Hall–Kier alpha value is -2.02. The monoisotopic (exact) mass is 258 g/mol. The van der Waals surface area contributed by atoms with E-state index < -0.39 is 5.54 Å². The minimum absolute atomic E-state index is 0.251. The maximum absolute atomic E-state index is 12.1. The van der Waals surface area contributed by atoms with Crippen LogP contribution in [0.4, 0.5) is 4.79 Å². The zero-order valence-corrected chi connectivity index (χ0v) is 11.1. The molecule has 4 nitrogen and oxygen atoms in total. The Kier molecular flexibility index (Phi) is 4.06. The standard InChI is InChI=1S/C15H18N2O2/c1-2-15(12-16)9-6-10-17(15)14(18)19-11-13-7-4-3-5-8-13/h3-5,7-8H,2,6,9-11H2,1H3/t15-/m1/s1. The summed E-state index contributed by atoms with van der Waals surface area (Å²) in [6.07, 6.45) is 1.86. The number of benzene rings is 1. The zero-order valence-electron chi connectivity index (χ0n) is 11.1. The summed E-state index contributed by atoms with van der Waals surface area (Å²) in [7, 11) is 0. The van der Waals surface area contributed by atoms with Crippen molar-refractivity contribution in [1.82, 2.24) is 4.90 Å². The molecule has 1 amide bonds. The van der Waals surface area contributed by atoms with Crippen LogP contribution in [-0.2, 0) is 11.3 Å². The molecule has 1 heterocycles. The maximum atomic E-state index is 12.1. The predicted molar refractivity (Wildman–Crippen MR) is 71.2 cm³/mol. The number of amides is 1. The Morgan fingerprint density at radius 3 is 2.84 bits per heavy atom. The fourth-order valence-corrected chi connectivity index (χ4v) is 2.50. The van der Waals surface area contributed by atoms with Crippen LogP contribution >= 0.6 is 0 Å². The molecular weight excluding hydrogens is 240 g/mol. The summed E-state index contributed by atoms with van der Waals surface area (Å²) in [5.41, 5.74) is 0.280. The van der Waals surface area contributed by atoms with Crippen molar-refractivity contribution in [2.75, 3.05) is 6.54 Å². The molecule has 1 aliphatic heterocycles. The lowest BCUT2D eigenvalue weighted by Crippen LogP contribution is -2.46. The van der Waals surface area contributed by atoms with E-state index in [1.807, 2.05) is 37.3 Å². The molecule has 1 fully saturated rings. The highest BCUT2D eigenvalue weighted by atomic mass is 16.6. The van der Waals surface area contributed by atoms with Gasteiger partial charge in [-0.3, -0.25) is 4.90 Å². The Balaban J connectivity index is 1.99. The zero-order chi connectivity index (χ0) is 13.7. The molecule has 1 aliphatic rings. The molecule has 1 saturated heterocycles. The topological polar surface area (TPSA) is 53.3 Å². The summed E-state index contributed by atoms with van der Waals surface area (Å²) >= 11 is 0. The highest BCUT2D eigenvalue weighted by molar-refractivity contribution is 5.70. The molecule has 0 aliphatic carbocycles. The van der Waals surface area contributed by atoms with Crippen molar-refractivity contribution in [2.45, 2.75) is 38.3 Å². The van der Waals surface area contributed by atoms with E-state index >= 15 is 0 Å². The van der Waals surface area contributed by atoms with Gasteiger partial charge in [0.1, 0.15) is 12.1 Å². The second kappa shape index (κ2) is 5.75. The Labute approximate surface area is 113 Å². The van der Waals surface area contributed by atoms with Gasteiger partial charge in [0.2, 0.25) is 0 Å². The van der Waals surface area contributed by atoms with Crippen molar-refractivity contribution in [3.05, 3.63) is 35.9 Å². The minimum atomic E-state index is -0.673. The van der Waals surface area contributed by atoms with E-state index in [9.17, 15) is 10.1 Å². The molecule has 1 atom stereocenters. The molecular formula is C15H18N2O2. The van der Waals surface area contributed by atoms with E-state index in [0.29, 0.717) is 13.0 Å². The Bertz CT molecular complexity index is 481. The summed E-state index contributed by atoms with van der Waals surface area (Å²) < 4.78 is 5.31. The fraction of sp³-hybridized carbons (Fsp3) is 0.467. The molecule has 0 aromatic heterocycles. The normalized spacial score (nSPS) is 22.0. The summed E-state index contributed by atoms with van der Waals surface area (Å²) in [6.45, 7) is 2.79. The molecule has 0 saturated carbocycles. The third kappa shape index (κ3) is 2.70. The molecule has 0 radical (unpaired) electrons. The molecule has 1 aromatic rings. The van der Waals surface area contributed by atoms with Gasteiger partial charge in [-0.15, -0.1) is 0 Å². The average molecular weight is 258 g/mol. The molecule has 19 heavy (non-hydrogen) atoms. The second-order valence-electron chi connectivity index (χ2n) is 4.79. The molecule has 4 heteroatoms. The fourth-order valence-electron chi connectivity index (χ4n) is 2.50. The van der Waals surface area contributed by atoms with Crippen molar-refractivity contribution in [3.8, 4) is 6.07 Å². The molecule has 0 bridgehead atoms. The number of hydrogen-bond donors (Lipinski definition) is 0. The first kappa shape index (κ1) is 13.4. The highest BCUT2D eigenvalue weighted by Gasteiger charge is 2.43. The molecule has 1 aromatic carbocycles. The first-order valence-electron chi connectivity index (χ1n) is 6.61. The quantitative estimate of drug-likeness (QED) is 0.837. The van der Waals surface area contributed by atoms with E-state index in [-0.39, 0.29) is 12.7 Å². The van der Waals surface area contributed by atoms with Gasteiger partial charge in [0.25, 0.3) is 0 Å². The van der Waals surface area contributed by atoms with Crippen LogP contribution in [0.2, 0.25) is 0 Å². The number of likely N-dealkylation sites (tertiary alicyclic amines) is 1. The minimum Gasteiger partial charge on any atom is -0.445 e. The lowest BCUT2D eigenvalue weighted by molar-refractivity contribution is 0.0784. The van der Waals surface area contributed by atoms with Crippen LogP contribution < -0.4 is 0 Å². The number of rotatable bonds is 3. The van der Waals surface area contributed by atoms with Gasteiger partial charge < -0.3 is 4.74 Å². The van der Waals surface area contributed by atoms with Crippen molar-refractivity contribution >= 4 is 6.09 Å². The Morgan fingerprint density at radius 1 is 1.47 bits per heavy atom. The van der Waals surface area contributed by atoms with Crippen LogP contribution in [0.3, 0.4) is 0 Å². The number of carbonyl (C=O) groups excluding carboxylic acids is 1. The number of nitriles is 1. The van der Waals surface area contributed by atoms with Gasteiger partial charge in [0, 0.05) is 6.54 Å². The molecule has 100 valence electrons. The summed E-state index contributed by atoms with van der Waals surface area (Å²) in [4.78, 5) is 13.7. The van der Waals surface area contributed by atoms with E-state index in [4.69, 9.17) is 4.74 Å². The number of hydrogen-bond acceptors (Lipinski definition) is 3. The summed E-state index contributed by atoms with van der Waals surface area (Å²) in [6, 6.07) is 11.8. The van der Waals surface area contributed by atoms with Crippen molar-refractivity contribution in [1.29, 1.82) is 5.26 Å². The third-order valence-corrected chi connectivity index (χ3v) is 3.71. The first-order valence-corrected chi connectivity index (χ1v) is 6.61. The number of ether oxygens (including phenoxy) is 1. The Morgan fingerprint density at radius 2 is 2.21 bits per heavy atom. The predicted octanol–water partition coefficient (Wildman–Crippen LogP) is 3.09. The van der Waals surface area contributed by atoms with E-state index in [1.54, 1.807) is 4.90 Å². The van der Waals surface area contributed by atoms with Crippen LogP contribution in [0.1, 0.15) is 31.7 Å². The highest BCUT2D eigenvalue weighted by Crippen LogP contribution is 2.32. The van der Waals surface area contributed by atoms with Gasteiger partial charge in [-0.25, -0.2) is 4.79 Å². The van der Waals surface area contributed by atoms with E-state index in [1.165, 1.54) is 0 Å². The summed E-state index contributed by atoms with van der Waals surface area (Å²) in [5.74, 6) is 0. The van der Waals surface area contributed by atoms with Crippen LogP contribution in [0, 0.1) is 11.3 Å². The molecule has 2 rings (SSSR count). The van der Waals surface area contributed by atoms with Crippen LogP contribution in [0.25, 0.3) is 0 Å². The first-order chi connectivity index (χ1) is 9.22. The van der Waals surface area contributed by atoms with Crippen LogP contribution in [-0.4, -0.2) is 23.1 Å². The third-order valence-electron chi connectivity index (χ3n) is 3.71. The van der Waals surface area contributed by atoms with Crippen LogP contribution in [0.5, 0.6) is 0 Å².